The van der Waals surface area contributed by atoms with E-state index in [-0.39, 0.29) is 41.7 Å². The number of aromatic nitrogens is 3. The molecule has 1 fully saturated rings. The van der Waals surface area contributed by atoms with Gasteiger partial charge >= 0.3 is 6.18 Å². The molecular weight excluding hydrogens is 435 g/mol. The molecule has 33 heavy (non-hydrogen) atoms. The van der Waals surface area contributed by atoms with E-state index in [0.29, 0.717) is 16.6 Å². The van der Waals surface area contributed by atoms with Gasteiger partial charge in [0.15, 0.2) is 0 Å². The fourth-order valence-electron chi connectivity index (χ4n) is 4.12. The highest BCUT2D eigenvalue weighted by Gasteiger charge is 2.43. The monoisotopic (exact) mass is 455 g/mol. The Morgan fingerprint density at radius 2 is 1.97 bits per heavy atom. The summed E-state index contributed by atoms with van der Waals surface area (Å²) in [6, 6.07) is 16.1. The third-order valence-electron chi connectivity index (χ3n) is 5.78. The van der Waals surface area contributed by atoms with E-state index in [4.69, 9.17) is 10.3 Å². The Kier molecular flexibility index (Phi) is 5.07. The average molecular weight is 455 g/mol. The van der Waals surface area contributed by atoms with Crippen LogP contribution in [0.1, 0.15) is 23.8 Å². The fourth-order valence-corrected chi connectivity index (χ4v) is 4.12. The van der Waals surface area contributed by atoms with Crippen LogP contribution in [0.15, 0.2) is 59.1 Å². The molecule has 0 radical (unpaired) electrons. The average Bonchev–Trinajstić information content (AvgIpc) is 3.32. The van der Waals surface area contributed by atoms with Gasteiger partial charge in [0.1, 0.15) is 6.54 Å². The van der Waals surface area contributed by atoms with E-state index in [2.05, 4.69) is 15.5 Å². The van der Waals surface area contributed by atoms with Crippen molar-refractivity contribution in [1.82, 2.24) is 20.0 Å². The van der Waals surface area contributed by atoms with Crippen molar-refractivity contribution in [3.63, 3.8) is 0 Å². The standard InChI is InChI=1S/C23H20F3N5O2/c24-23(25,26)12-31-18-8-4-7-17(27)16(18)10-19(31)21-29-20(33-30-21)11-28-22(32)15-9-14(15)13-5-2-1-3-6-13/h1-8,10,14-15H,9,11-12,27H2,(H,28,32)/t14-,15+/m0/s1. The second kappa shape index (κ2) is 7.95. The van der Waals surface area contributed by atoms with Crippen molar-refractivity contribution in [3.8, 4) is 11.5 Å². The minimum Gasteiger partial charge on any atom is -0.398 e. The summed E-state index contributed by atoms with van der Waals surface area (Å²) in [6.45, 7) is -1.23. The van der Waals surface area contributed by atoms with Gasteiger partial charge in [0.25, 0.3) is 0 Å². The Bertz CT molecular complexity index is 1310. The molecule has 170 valence electrons. The molecule has 0 saturated heterocycles. The molecule has 10 heteroatoms. The number of carbonyl (C=O) groups is 1. The van der Waals surface area contributed by atoms with E-state index in [1.54, 1.807) is 18.2 Å². The Balaban J connectivity index is 1.32. The number of fused-ring (bicyclic) bond motifs is 1. The molecule has 2 aromatic heterocycles. The third-order valence-corrected chi connectivity index (χ3v) is 5.78. The molecule has 5 rings (SSSR count). The van der Waals surface area contributed by atoms with Crippen LogP contribution in [0, 0.1) is 5.92 Å². The lowest BCUT2D eigenvalue weighted by molar-refractivity contribution is -0.139. The molecule has 2 atom stereocenters. The molecule has 0 spiro atoms. The van der Waals surface area contributed by atoms with Gasteiger partial charge in [-0.05, 0) is 36.1 Å². The predicted molar refractivity (Wildman–Crippen MR) is 115 cm³/mol. The highest BCUT2D eigenvalue weighted by Crippen LogP contribution is 2.47. The lowest BCUT2D eigenvalue weighted by Crippen LogP contribution is -2.25. The molecule has 0 aliphatic heterocycles. The van der Waals surface area contributed by atoms with E-state index >= 15 is 0 Å². The Hall–Kier alpha value is -3.82. The maximum atomic E-state index is 13.2. The van der Waals surface area contributed by atoms with Crippen molar-refractivity contribution >= 4 is 22.5 Å². The zero-order valence-corrected chi connectivity index (χ0v) is 17.3. The number of alkyl halides is 3. The van der Waals surface area contributed by atoms with Crippen LogP contribution in [0.4, 0.5) is 18.9 Å². The number of hydrogen-bond donors (Lipinski definition) is 2. The number of nitrogens with zero attached hydrogens (tertiary/aromatic N) is 3. The summed E-state index contributed by atoms with van der Waals surface area (Å²) in [6.07, 6.45) is -3.69. The first-order valence-corrected chi connectivity index (χ1v) is 10.4. The number of nitrogens with two attached hydrogens (primary N) is 1. The van der Waals surface area contributed by atoms with Crippen molar-refractivity contribution in [2.75, 3.05) is 5.73 Å². The van der Waals surface area contributed by atoms with Gasteiger partial charge in [-0.2, -0.15) is 18.2 Å². The number of halogens is 3. The molecule has 4 aromatic rings. The smallest absolute Gasteiger partial charge is 0.398 e. The van der Waals surface area contributed by atoms with Crippen molar-refractivity contribution in [2.24, 2.45) is 5.92 Å². The number of nitrogens with one attached hydrogen (secondary N) is 1. The van der Waals surface area contributed by atoms with Crippen molar-refractivity contribution in [1.29, 1.82) is 0 Å². The van der Waals surface area contributed by atoms with Crippen LogP contribution in [0.5, 0.6) is 0 Å². The molecule has 7 nitrogen and oxygen atoms in total. The summed E-state index contributed by atoms with van der Waals surface area (Å²) in [4.78, 5) is 16.7. The van der Waals surface area contributed by atoms with Crippen LogP contribution < -0.4 is 11.1 Å². The predicted octanol–water partition coefficient (Wildman–Crippen LogP) is 4.26. The number of nitrogen functional groups attached to an aromatic ring is 1. The Morgan fingerprint density at radius 1 is 1.18 bits per heavy atom. The lowest BCUT2D eigenvalue weighted by Gasteiger charge is -2.11. The third kappa shape index (κ3) is 4.28. The minimum absolute atomic E-state index is 0.00677. The van der Waals surface area contributed by atoms with Crippen LogP contribution in [-0.2, 0) is 17.9 Å². The quantitative estimate of drug-likeness (QED) is 0.424. The Morgan fingerprint density at radius 3 is 2.73 bits per heavy atom. The van der Waals surface area contributed by atoms with Gasteiger partial charge in [-0.3, -0.25) is 4.79 Å². The second-order valence-corrected chi connectivity index (χ2v) is 8.10. The van der Waals surface area contributed by atoms with Crippen molar-refractivity contribution in [3.05, 3.63) is 66.1 Å². The number of anilines is 1. The maximum Gasteiger partial charge on any atom is 0.406 e. The van der Waals surface area contributed by atoms with Gasteiger partial charge in [0, 0.05) is 17.0 Å². The second-order valence-electron chi connectivity index (χ2n) is 8.10. The van der Waals surface area contributed by atoms with E-state index in [1.807, 2.05) is 30.3 Å². The molecular formula is C23H20F3N5O2. The van der Waals surface area contributed by atoms with Crippen LogP contribution >= 0.6 is 0 Å². The highest BCUT2D eigenvalue weighted by molar-refractivity contribution is 5.95. The van der Waals surface area contributed by atoms with Crippen molar-refractivity contribution in [2.45, 2.75) is 31.6 Å². The van der Waals surface area contributed by atoms with Gasteiger partial charge in [-0.1, -0.05) is 41.6 Å². The number of carbonyl (C=O) groups excluding carboxylic acids is 1. The van der Waals surface area contributed by atoms with Crippen LogP contribution in [0.3, 0.4) is 0 Å². The molecule has 2 aromatic carbocycles. The molecule has 3 N–H and O–H groups in total. The van der Waals surface area contributed by atoms with Crippen LogP contribution in [0.2, 0.25) is 0 Å². The highest BCUT2D eigenvalue weighted by atomic mass is 19.4. The summed E-state index contributed by atoms with van der Waals surface area (Å²) >= 11 is 0. The van der Waals surface area contributed by atoms with Gasteiger partial charge < -0.3 is 20.1 Å². The summed E-state index contributed by atoms with van der Waals surface area (Å²) in [5.74, 6) is 0.0438. The number of benzene rings is 2. The Labute approximate surface area is 186 Å². The summed E-state index contributed by atoms with van der Waals surface area (Å²) in [5.41, 5.74) is 7.87. The summed E-state index contributed by atoms with van der Waals surface area (Å²) in [7, 11) is 0. The molecule has 1 amide bonds. The van der Waals surface area contributed by atoms with Gasteiger partial charge in [0.2, 0.25) is 17.6 Å². The first-order chi connectivity index (χ1) is 15.8. The van der Waals surface area contributed by atoms with E-state index in [9.17, 15) is 18.0 Å². The molecule has 0 unspecified atom stereocenters. The first kappa shape index (κ1) is 21.0. The molecule has 1 aliphatic rings. The number of rotatable bonds is 6. The zero-order valence-electron chi connectivity index (χ0n) is 17.3. The topological polar surface area (TPSA) is 99.0 Å². The molecule has 2 heterocycles. The van der Waals surface area contributed by atoms with Gasteiger partial charge in [-0.25, -0.2) is 0 Å². The summed E-state index contributed by atoms with van der Waals surface area (Å²) in [5, 5.41) is 7.08. The zero-order chi connectivity index (χ0) is 23.2. The lowest BCUT2D eigenvalue weighted by atomic mass is 10.1. The molecule has 0 bridgehead atoms. The van der Waals surface area contributed by atoms with E-state index in [0.717, 1.165) is 16.6 Å². The van der Waals surface area contributed by atoms with Gasteiger partial charge in [-0.15, -0.1) is 0 Å². The number of hydrogen-bond acceptors (Lipinski definition) is 5. The maximum absolute atomic E-state index is 13.2. The molecule has 1 saturated carbocycles. The summed E-state index contributed by atoms with van der Waals surface area (Å²) < 4.78 is 45.9. The van der Waals surface area contributed by atoms with Gasteiger partial charge in [0.05, 0.1) is 17.8 Å². The normalized spacial score (nSPS) is 17.9. The van der Waals surface area contributed by atoms with Crippen molar-refractivity contribution < 1.29 is 22.5 Å². The van der Waals surface area contributed by atoms with Crippen LogP contribution in [0.25, 0.3) is 22.4 Å². The van der Waals surface area contributed by atoms with Crippen LogP contribution in [-0.4, -0.2) is 26.8 Å². The largest absolute Gasteiger partial charge is 0.406 e. The molecule has 1 aliphatic carbocycles. The minimum atomic E-state index is -4.45. The fraction of sp³-hybridized carbons (Fsp3) is 0.261. The SMILES string of the molecule is Nc1cccc2c1cc(-c1noc(CNC(=O)[C@@H]3C[C@H]3c3ccccc3)n1)n2CC(F)(F)F. The number of amides is 1. The van der Waals surface area contributed by atoms with E-state index in [1.165, 1.54) is 6.07 Å². The first-order valence-electron chi connectivity index (χ1n) is 10.4. The van der Waals surface area contributed by atoms with E-state index < -0.39 is 12.7 Å².